The Labute approximate surface area is 95.9 Å². The predicted molar refractivity (Wildman–Crippen MR) is 62.5 cm³/mol. The predicted octanol–water partition coefficient (Wildman–Crippen LogP) is 0.485. The Bertz CT molecular complexity index is 326. The minimum Gasteiger partial charge on any atom is -0.497 e. The molecule has 0 bridgehead atoms. The Morgan fingerprint density at radius 1 is 1.44 bits per heavy atom. The lowest BCUT2D eigenvalue weighted by molar-refractivity contribution is 0.0557. The minimum absolute atomic E-state index is 0.0637. The molecule has 0 aliphatic heterocycles. The minimum atomic E-state index is -0.969. The first-order valence-corrected chi connectivity index (χ1v) is 5.28. The van der Waals surface area contributed by atoms with Crippen molar-refractivity contribution >= 4 is 0 Å². The molecule has 4 heteroatoms. The first-order valence-electron chi connectivity index (χ1n) is 5.28. The first-order chi connectivity index (χ1) is 7.60. The molecule has 0 saturated heterocycles. The van der Waals surface area contributed by atoms with Crippen molar-refractivity contribution in [3.05, 3.63) is 29.8 Å². The quantitative estimate of drug-likeness (QED) is 0.616. The zero-order valence-electron chi connectivity index (χ0n) is 9.73. The van der Waals surface area contributed by atoms with Gasteiger partial charge in [0.15, 0.2) is 0 Å². The average molecular weight is 225 g/mol. The van der Waals surface area contributed by atoms with Crippen molar-refractivity contribution in [3.8, 4) is 5.75 Å². The maximum atomic E-state index is 10.2. The molecule has 3 N–H and O–H groups in total. The number of ether oxygens (including phenoxy) is 1. The summed E-state index contributed by atoms with van der Waals surface area (Å²) in [4.78, 5) is 0. The van der Waals surface area contributed by atoms with E-state index >= 15 is 0 Å². The fourth-order valence-corrected chi connectivity index (χ4v) is 1.47. The van der Waals surface area contributed by atoms with Crippen LogP contribution in [0.5, 0.6) is 5.75 Å². The zero-order valence-corrected chi connectivity index (χ0v) is 9.73. The highest BCUT2D eigenvalue weighted by Crippen LogP contribution is 2.23. The molecule has 4 nitrogen and oxygen atoms in total. The summed E-state index contributed by atoms with van der Waals surface area (Å²) in [5, 5.41) is 21.9. The fourth-order valence-electron chi connectivity index (χ4n) is 1.47. The molecule has 90 valence electrons. The summed E-state index contributed by atoms with van der Waals surface area (Å²) in [5.74, 6) is 0.722. The molecule has 0 aliphatic rings. The standard InChI is InChI=1S/C12H19NO3/c1-12(15,9-13-6-7-14)10-4-3-5-11(8-10)16-2/h3-5,8,13-15H,6-7,9H2,1-2H3. The summed E-state index contributed by atoms with van der Waals surface area (Å²) in [5.41, 5.74) is -0.179. The van der Waals surface area contributed by atoms with E-state index in [2.05, 4.69) is 5.32 Å². The van der Waals surface area contributed by atoms with E-state index in [1.165, 1.54) is 0 Å². The van der Waals surface area contributed by atoms with Gasteiger partial charge in [-0.3, -0.25) is 0 Å². The van der Waals surface area contributed by atoms with Gasteiger partial charge in [0.2, 0.25) is 0 Å². The topological polar surface area (TPSA) is 61.7 Å². The van der Waals surface area contributed by atoms with Crippen molar-refractivity contribution in [3.63, 3.8) is 0 Å². The first kappa shape index (κ1) is 13.0. The van der Waals surface area contributed by atoms with E-state index in [-0.39, 0.29) is 6.61 Å². The van der Waals surface area contributed by atoms with Crippen LogP contribution in [0.4, 0.5) is 0 Å². The van der Waals surface area contributed by atoms with Gasteiger partial charge in [-0.15, -0.1) is 0 Å². The number of hydrogen-bond acceptors (Lipinski definition) is 4. The van der Waals surface area contributed by atoms with Crippen molar-refractivity contribution in [1.29, 1.82) is 0 Å². The monoisotopic (exact) mass is 225 g/mol. The van der Waals surface area contributed by atoms with Crippen LogP contribution in [0, 0.1) is 0 Å². The maximum Gasteiger partial charge on any atom is 0.119 e. The number of benzene rings is 1. The molecule has 0 spiro atoms. The number of rotatable bonds is 6. The van der Waals surface area contributed by atoms with Crippen molar-refractivity contribution in [2.24, 2.45) is 0 Å². The van der Waals surface area contributed by atoms with E-state index in [0.717, 1.165) is 11.3 Å². The summed E-state index contributed by atoms with van der Waals surface area (Å²) >= 11 is 0. The van der Waals surface area contributed by atoms with Gasteiger partial charge in [0.05, 0.1) is 19.3 Å². The normalized spacial score (nSPS) is 14.5. The van der Waals surface area contributed by atoms with Gasteiger partial charge in [0.25, 0.3) is 0 Å². The van der Waals surface area contributed by atoms with E-state index in [1.807, 2.05) is 18.2 Å². The second kappa shape index (κ2) is 5.84. The summed E-state index contributed by atoms with van der Waals surface area (Å²) < 4.78 is 5.10. The summed E-state index contributed by atoms with van der Waals surface area (Å²) in [6.07, 6.45) is 0. The lowest BCUT2D eigenvalue weighted by Gasteiger charge is -2.24. The van der Waals surface area contributed by atoms with Gasteiger partial charge >= 0.3 is 0 Å². The molecule has 0 heterocycles. The molecule has 16 heavy (non-hydrogen) atoms. The number of methoxy groups -OCH3 is 1. The maximum absolute atomic E-state index is 10.2. The van der Waals surface area contributed by atoms with Gasteiger partial charge in [-0.1, -0.05) is 12.1 Å². The van der Waals surface area contributed by atoms with Crippen molar-refractivity contribution in [2.75, 3.05) is 26.8 Å². The summed E-state index contributed by atoms with van der Waals surface area (Å²) in [6.45, 7) is 2.65. The van der Waals surface area contributed by atoms with Crippen LogP contribution in [-0.4, -0.2) is 37.0 Å². The molecule has 0 saturated carbocycles. The largest absolute Gasteiger partial charge is 0.497 e. The molecule has 0 radical (unpaired) electrons. The molecule has 0 aliphatic carbocycles. The highest BCUT2D eigenvalue weighted by molar-refractivity contribution is 5.32. The van der Waals surface area contributed by atoms with Gasteiger partial charge in [-0.25, -0.2) is 0 Å². The molecule has 1 atom stereocenters. The van der Waals surface area contributed by atoms with Crippen LogP contribution in [-0.2, 0) is 5.60 Å². The van der Waals surface area contributed by atoms with E-state index in [0.29, 0.717) is 13.1 Å². The van der Waals surface area contributed by atoms with Crippen LogP contribution < -0.4 is 10.1 Å². The highest BCUT2D eigenvalue weighted by Gasteiger charge is 2.22. The Balaban J connectivity index is 2.72. The second-order valence-electron chi connectivity index (χ2n) is 3.91. The smallest absolute Gasteiger partial charge is 0.119 e. The van der Waals surface area contributed by atoms with Crippen LogP contribution in [0.25, 0.3) is 0 Å². The Morgan fingerprint density at radius 3 is 2.81 bits per heavy atom. The molecule has 0 aromatic heterocycles. The van der Waals surface area contributed by atoms with Crippen LogP contribution in [0.1, 0.15) is 12.5 Å². The van der Waals surface area contributed by atoms with Crippen molar-refractivity contribution in [2.45, 2.75) is 12.5 Å². The Hall–Kier alpha value is -1.10. The molecular weight excluding hydrogens is 206 g/mol. The summed E-state index contributed by atoms with van der Waals surface area (Å²) in [7, 11) is 1.60. The van der Waals surface area contributed by atoms with Crippen LogP contribution in [0.15, 0.2) is 24.3 Å². The highest BCUT2D eigenvalue weighted by atomic mass is 16.5. The molecule has 1 unspecified atom stereocenters. The van der Waals surface area contributed by atoms with E-state index in [4.69, 9.17) is 9.84 Å². The van der Waals surface area contributed by atoms with Crippen LogP contribution in [0.2, 0.25) is 0 Å². The second-order valence-corrected chi connectivity index (χ2v) is 3.91. The molecule has 1 aromatic carbocycles. The van der Waals surface area contributed by atoms with Gasteiger partial charge < -0.3 is 20.3 Å². The van der Waals surface area contributed by atoms with E-state index in [9.17, 15) is 5.11 Å². The van der Waals surface area contributed by atoms with Crippen molar-refractivity contribution in [1.82, 2.24) is 5.32 Å². The van der Waals surface area contributed by atoms with Gasteiger partial charge in [0, 0.05) is 13.1 Å². The third-order valence-corrected chi connectivity index (χ3v) is 2.45. The average Bonchev–Trinajstić information content (AvgIpc) is 2.29. The van der Waals surface area contributed by atoms with E-state index in [1.54, 1.807) is 20.1 Å². The number of nitrogens with one attached hydrogen (secondary N) is 1. The third kappa shape index (κ3) is 3.48. The molecule has 0 amide bonds. The van der Waals surface area contributed by atoms with Crippen LogP contribution >= 0.6 is 0 Å². The Kier molecular flexibility index (Phi) is 4.73. The Morgan fingerprint density at radius 2 is 2.19 bits per heavy atom. The molecule has 1 aromatic rings. The number of hydrogen-bond donors (Lipinski definition) is 3. The van der Waals surface area contributed by atoms with Gasteiger partial charge in [-0.2, -0.15) is 0 Å². The molecule has 0 fully saturated rings. The third-order valence-electron chi connectivity index (χ3n) is 2.45. The zero-order chi connectivity index (χ0) is 12.0. The van der Waals surface area contributed by atoms with Crippen molar-refractivity contribution < 1.29 is 14.9 Å². The lowest BCUT2D eigenvalue weighted by Crippen LogP contribution is -2.36. The van der Waals surface area contributed by atoms with Gasteiger partial charge in [0.1, 0.15) is 5.75 Å². The fraction of sp³-hybridized carbons (Fsp3) is 0.500. The number of aliphatic hydroxyl groups is 2. The lowest BCUT2D eigenvalue weighted by atomic mass is 9.96. The summed E-state index contributed by atoms with van der Waals surface area (Å²) in [6, 6.07) is 7.33. The van der Waals surface area contributed by atoms with Crippen LogP contribution in [0.3, 0.4) is 0 Å². The number of aliphatic hydroxyl groups excluding tert-OH is 1. The molecular formula is C12H19NO3. The van der Waals surface area contributed by atoms with Gasteiger partial charge in [-0.05, 0) is 24.6 Å². The molecule has 1 rings (SSSR count). The SMILES string of the molecule is COc1cccc(C(C)(O)CNCCO)c1. The van der Waals surface area contributed by atoms with E-state index < -0.39 is 5.60 Å².